The van der Waals surface area contributed by atoms with Crippen molar-refractivity contribution in [2.75, 3.05) is 22.4 Å². The van der Waals surface area contributed by atoms with Gasteiger partial charge in [-0.1, -0.05) is 12.1 Å². The number of amides is 1. The number of ether oxygens (including phenoxy) is 1. The summed E-state index contributed by atoms with van der Waals surface area (Å²) in [6.07, 6.45) is 5.23. The fraction of sp³-hybridized carbons (Fsp3) is 0.227. The summed E-state index contributed by atoms with van der Waals surface area (Å²) in [7, 11) is -3.84. The lowest BCUT2D eigenvalue weighted by atomic mass is 10.2. The van der Waals surface area contributed by atoms with Crippen molar-refractivity contribution in [3.8, 4) is 0 Å². The Morgan fingerprint density at radius 3 is 2.53 bits per heavy atom. The molecule has 0 aliphatic carbocycles. The lowest BCUT2D eigenvalue weighted by Crippen LogP contribution is -2.16. The average Bonchev–Trinajstić information content (AvgIpc) is 3.32. The molecule has 4 rings (SSSR count). The Morgan fingerprint density at radius 2 is 1.81 bits per heavy atom. The van der Waals surface area contributed by atoms with Gasteiger partial charge in [-0.15, -0.1) is 11.8 Å². The van der Waals surface area contributed by atoms with Crippen LogP contribution in [-0.4, -0.2) is 42.8 Å². The molecule has 32 heavy (non-hydrogen) atoms. The number of aromatic nitrogens is 2. The number of rotatable bonds is 8. The van der Waals surface area contributed by atoms with E-state index in [1.54, 1.807) is 36.0 Å². The SMILES string of the molecule is O=C(Nc1ccc(S(=O)(=O)Nc2ncccn2)cc1)c1ccccc1SC[C@@H]1CCCO1. The molecule has 3 aromatic rings. The van der Waals surface area contributed by atoms with Crippen LogP contribution in [0.3, 0.4) is 0 Å². The molecule has 166 valence electrons. The van der Waals surface area contributed by atoms with Crippen LogP contribution < -0.4 is 10.0 Å². The second kappa shape index (κ2) is 10.1. The highest BCUT2D eigenvalue weighted by molar-refractivity contribution is 7.99. The second-order valence-corrected chi connectivity index (χ2v) is 9.84. The highest BCUT2D eigenvalue weighted by atomic mass is 32.2. The van der Waals surface area contributed by atoms with E-state index in [0.717, 1.165) is 30.1 Å². The maximum absolute atomic E-state index is 12.9. The lowest BCUT2D eigenvalue weighted by Gasteiger charge is -2.13. The van der Waals surface area contributed by atoms with Gasteiger partial charge in [-0.2, -0.15) is 0 Å². The number of carbonyl (C=O) groups is 1. The molecular weight excluding hydrogens is 448 g/mol. The first-order valence-corrected chi connectivity index (χ1v) is 12.5. The molecule has 1 amide bonds. The van der Waals surface area contributed by atoms with Gasteiger partial charge in [0.2, 0.25) is 5.95 Å². The third-order valence-electron chi connectivity index (χ3n) is 4.79. The number of hydrogen-bond donors (Lipinski definition) is 2. The molecule has 8 nitrogen and oxygen atoms in total. The predicted molar refractivity (Wildman–Crippen MR) is 123 cm³/mol. The van der Waals surface area contributed by atoms with Crippen molar-refractivity contribution < 1.29 is 17.9 Å². The summed E-state index contributed by atoms with van der Waals surface area (Å²) < 4.78 is 33.0. The van der Waals surface area contributed by atoms with E-state index in [2.05, 4.69) is 20.0 Å². The Bertz CT molecular complexity index is 1170. The molecule has 1 atom stereocenters. The van der Waals surface area contributed by atoms with Crippen LogP contribution in [0.15, 0.2) is 76.8 Å². The number of nitrogens with one attached hydrogen (secondary N) is 2. The van der Waals surface area contributed by atoms with Crippen LogP contribution in [-0.2, 0) is 14.8 Å². The number of benzene rings is 2. The quantitative estimate of drug-likeness (QED) is 0.482. The molecule has 2 heterocycles. The Morgan fingerprint density at radius 1 is 1.06 bits per heavy atom. The Kier molecular flexibility index (Phi) is 7.03. The van der Waals surface area contributed by atoms with Gasteiger partial charge in [0.05, 0.1) is 16.6 Å². The van der Waals surface area contributed by atoms with E-state index >= 15 is 0 Å². The van der Waals surface area contributed by atoms with Crippen molar-refractivity contribution in [2.45, 2.75) is 28.7 Å². The number of thioether (sulfide) groups is 1. The van der Waals surface area contributed by atoms with Gasteiger partial charge < -0.3 is 10.1 Å². The van der Waals surface area contributed by atoms with E-state index in [9.17, 15) is 13.2 Å². The maximum Gasteiger partial charge on any atom is 0.264 e. The predicted octanol–water partition coefficient (Wildman–Crippen LogP) is 3.80. The van der Waals surface area contributed by atoms with Crippen LogP contribution in [0.25, 0.3) is 0 Å². The molecule has 1 aliphatic rings. The van der Waals surface area contributed by atoms with Crippen LogP contribution in [0.5, 0.6) is 0 Å². The minimum absolute atomic E-state index is 0.0120. The first-order chi connectivity index (χ1) is 15.5. The normalized spacial score (nSPS) is 15.9. The fourth-order valence-corrected chi connectivity index (χ4v) is 5.26. The largest absolute Gasteiger partial charge is 0.377 e. The number of hydrogen-bond acceptors (Lipinski definition) is 7. The van der Waals surface area contributed by atoms with Crippen molar-refractivity contribution >= 4 is 39.3 Å². The van der Waals surface area contributed by atoms with E-state index in [1.165, 1.54) is 24.5 Å². The number of sulfonamides is 1. The molecule has 2 aromatic carbocycles. The summed E-state index contributed by atoms with van der Waals surface area (Å²) in [6.45, 7) is 0.799. The minimum atomic E-state index is -3.84. The molecule has 1 aliphatic heterocycles. The molecule has 0 saturated carbocycles. The van der Waals surface area contributed by atoms with Gasteiger partial charge in [-0.3, -0.25) is 4.79 Å². The van der Waals surface area contributed by atoms with E-state index in [0.29, 0.717) is 11.3 Å². The molecule has 2 N–H and O–H groups in total. The molecule has 1 fully saturated rings. The van der Waals surface area contributed by atoms with E-state index in [-0.39, 0.29) is 22.9 Å². The number of nitrogens with zero attached hydrogens (tertiary/aromatic N) is 2. The topological polar surface area (TPSA) is 110 Å². The number of anilines is 2. The molecule has 1 aromatic heterocycles. The van der Waals surface area contributed by atoms with Crippen molar-refractivity contribution in [1.29, 1.82) is 0 Å². The highest BCUT2D eigenvalue weighted by Crippen LogP contribution is 2.27. The van der Waals surface area contributed by atoms with Gasteiger partial charge in [0.15, 0.2) is 0 Å². The van der Waals surface area contributed by atoms with Gasteiger partial charge in [0.1, 0.15) is 0 Å². The van der Waals surface area contributed by atoms with Crippen LogP contribution in [0.1, 0.15) is 23.2 Å². The van der Waals surface area contributed by atoms with E-state index in [1.807, 2.05) is 18.2 Å². The fourth-order valence-electron chi connectivity index (χ4n) is 3.19. The van der Waals surface area contributed by atoms with Gasteiger partial charge in [0, 0.05) is 35.3 Å². The third kappa shape index (κ3) is 5.64. The summed E-state index contributed by atoms with van der Waals surface area (Å²) >= 11 is 1.60. The smallest absolute Gasteiger partial charge is 0.264 e. The minimum Gasteiger partial charge on any atom is -0.377 e. The Labute approximate surface area is 190 Å². The summed E-state index contributed by atoms with van der Waals surface area (Å²) in [5.41, 5.74) is 1.05. The Balaban J connectivity index is 1.42. The maximum atomic E-state index is 12.9. The standard InChI is InChI=1S/C22H22N4O4S2/c27-21(19-6-1-2-7-20(19)31-15-17-5-3-14-30-17)25-16-8-10-18(11-9-16)32(28,29)26-22-23-12-4-13-24-22/h1-2,4,6-13,17H,3,5,14-15H2,(H,25,27)(H,23,24,26)/t17-/m0/s1. The van der Waals surface area contributed by atoms with Crippen molar-refractivity contribution in [1.82, 2.24) is 9.97 Å². The van der Waals surface area contributed by atoms with Crippen molar-refractivity contribution in [3.05, 3.63) is 72.6 Å². The second-order valence-electron chi connectivity index (χ2n) is 7.10. The van der Waals surface area contributed by atoms with Crippen LogP contribution in [0, 0.1) is 0 Å². The third-order valence-corrected chi connectivity index (χ3v) is 7.34. The molecular formula is C22H22N4O4S2. The molecule has 0 spiro atoms. The number of carbonyl (C=O) groups excluding carboxylic acids is 1. The average molecular weight is 471 g/mol. The summed E-state index contributed by atoms with van der Waals surface area (Å²) in [5.74, 6) is 0.531. The van der Waals surface area contributed by atoms with Gasteiger partial charge in [-0.25, -0.2) is 23.1 Å². The first-order valence-electron chi connectivity index (χ1n) is 10.1. The molecule has 0 unspecified atom stereocenters. The van der Waals surface area contributed by atoms with Gasteiger partial charge in [0.25, 0.3) is 15.9 Å². The summed E-state index contributed by atoms with van der Waals surface area (Å²) in [4.78, 5) is 21.5. The summed E-state index contributed by atoms with van der Waals surface area (Å²) in [6, 6.07) is 14.9. The van der Waals surface area contributed by atoms with E-state index < -0.39 is 10.0 Å². The summed E-state index contributed by atoms with van der Waals surface area (Å²) in [5, 5.41) is 2.83. The van der Waals surface area contributed by atoms with Crippen LogP contribution >= 0.6 is 11.8 Å². The zero-order chi connectivity index (χ0) is 22.4. The molecule has 10 heteroatoms. The zero-order valence-corrected chi connectivity index (χ0v) is 18.7. The van der Waals surface area contributed by atoms with Crippen LogP contribution in [0.2, 0.25) is 0 Å². The first kappa shape index (κ1) is 22.3. The van der Waals surface area contributed by atoms with Crippen molar-refractivity contribution in [3.63, 3.8) is 0 Å². The molecule has 1 saturated heterocycles. The van der Waals surface area contributed by atoms with Crippen LogP contribution in [0.4, 0.5) is 11.6 Å². The monoisotopic (exact) mass is 470 g/mol. The van der Waals surface area contributed by atoms with Gasteiger partial charge in [-0.05, 0) is 55.3 Å². The highest BCUT2D eigenvalue weighted by Gasteiger charge is 2.19. The zero-order valence-electron chi connectivity index (χ0n) is 17.1. The van der Waals surface area contributed by atoms with E-state index in [4.69, 9.17) is 4.74 Å². The Hall–Kier alpha value is -2.95. The van der Waals surface area contributed by atoms with Gasteiger partial charge >= 0.3 is 0 Å². The molecule has 0 radical (unpaired) electrons. The lowest BCUT2D eigenvalue weighted by molar-refractivity contribution is 0.102. The van der Waals surface area contributed by atoms with Crippen molar-refractivity contribution in [2.24, 2.45) is 0 Å². The molecule has 0 bridgehead atoms.